The van der Waals surface area contributed by atoms with Crippen LogP contribution in [0.4, 0.5) is 0 Å². The van der Waals surface area contributed by atoms with Gasteiger partial charge >= 0.3 is 0 Å². The van der Waals surface area contributed by atoms with Crippen molar-refractivity contribution < 1.29 is 9.21 Å². The average Bonchev–Trinajstić information content (AvgIpc) is 3.00. The molecule has 130 valence electrons. The minimum atomic E-state index is -0.243. The van der Waals surface area contributed by atoms with E-state index in [0.717, 1.165) is 23.1 Å². The zero-order chi connectivity index (χ0) is 17.8. The average molecular weight is 357 g/mol. The standard InChI is InChI=1S/C20H21ClN2O2/c1-13(2)11-17(20-23-16-5-3-4-6-18(16)25-20)22-19(24)12-14-7-9-15(21)10-8-14/h3-10,13,17H,11-12H2,1-2H3,(H,22,24)/t17-/m1/s1. The summed E-state index contributed by atoms with van der Waals surface area (Å²) in [6.07, 6.45) is 1.06. The van der Waals surface area contributed by atoms with E-state index in [1.807, 2.05) is 36.4 Å². The predicted molar refractivity (Wildman–Crippen MR) is 99.5 cm³/mol. The maximum Gasteiger partial charge on any atom is 0.225 e. The van der Waals surface area contributed by atoms with Gasteiger partial charge in [0.2, 0.25) is 11.8 Å². The van der Waals surface area contributed by atoms with Crippen LogP contribution in [0, 0.1) is 5.92 Å². The number of hydrogen-bond acceptors (Lipinski definition) is 3. The van der Waals surface area contributed by atoms with Gasteiger partial charge in [0.1, 0.15) is 11.6 Å². The van der Waals surface area contributed by atoms with Crippen LogP contribution in [0.15, 0.2) is 52.9 Å². The summed E-state index contributed by atoms with van der Waals surface area (Å²) in [6, 6.07) is 14.7. The Hall–Kier alpha value is -2.33. The van der Waals surface area contributed by atoms with Gasteiger partial charge in [-0.15, -0.1) is 0 Å². The fraction of sp³-hybridized carbons (Fsp3) is 0.300. The Morgan fingerprint density at radius 2 is 1.88 bits per heavy atom. The van der Waals surface area contributed by atoms with Crippen LogP contribution in [-0.2, 0) is 11.2 Å². The van der Waals surface area contributed by atoms with Gasteiger partial charge in [0.25, 0.3) is 0 Å². The molecule has 1 aromatic heterocycles. The van der Waals surface area contributed by atoms with Gasteiger partial charge in [-0.1, -0.05) is 49.7 Å². The van der Waals surface area contributed by atoms with Gasteiger partial charge in [0, 0.05) is 5.02 Å². The summed E-state index contributed by atoms with van der Waals surface area (Å²) in [5.41, 5.74) is 2.46. The third kappa shape index (κ3) is 4.60. The van der Waals surface area contributed by atoms with Gasteiger partial charge in [-0.3, -0.25) is 4.79 Å². The molecule has 1 heterocycles. The summed E-state index contributed by atoms with van der Waals surface area (Å²) in [6.45, 7) is 4.22. The molecule has 1 amide bonds. The number of halogens is 1. The molecule has 5 heteroatoms. The van der Waals surface area contributed by atoms with Crippen LogP contribution in [-0.4, -0.2) is 10.9 Å². The molecule has 0 bridgehead atoms. The Bertz CT molecular complexity index is 823. The number of hydrogen-bond donors (Lipinski definition) is 1. The number of oxazole rings is 1. The summed E-state index contributed by atoms with van der Waals surface area (Å²) in [5, 5.41) is 3.72. The topological polar surface area (TPSA) is 55.1 Å². The van der Waals surface area contributed by atoms with Crippen molar-refractivity contribution in [2.75, 3.05) is 0 Å². The number of rotatable bonds is 6. The number of carbonyl (C=O) groups is 1. The van der Waals surface area contributed by atoms with Crippen LogP contribution in [0.5, 0.6) is 0 Å². The molecule has 0 aliphatic carbocycles. The SMILES string of the molecule is CC(C)C[C@@H](NC(=O)Cc1ccc(Cl)cc1)c1nc2ccccc2o1. The van der Waals surface area contributed by atoms with Gasteiger partial charge in [-0.05, 0) is 42.2 Å². The Morgan fingerprint density at radius 3 is 2.56 bits per heavy atom. The molecule has 0 aliphatic rings. The summed E-state index contributed by atoms with van der Waals surface area (Å²) in [7, 11) is 0. The molecule has 0 saturated heterocycles. The highest BCUT2D eigenvalue weighted by atomic mass is 35.5. The third-order valence-electron chi connectivity index (χ3n) is 3.93. The zero-order valence-corrected chi connectivity index (χ0v) is 15.1. The van der Waals surface area contributed by atoms with Gasteiger partial charge in [0.05, 0.1) is 6.42 Å². The Labute approximate surface area is 152 Å². The first-order chi connectivity index (χ1) is 12.0. The Morgan fingerprint density at radius 1 is 1.16 bits per heavy atom. The van der Waals surface area contributed by atoms with E-state index in [-0.39, 0.29) is 11.9 Å². The lowest BCUT2D eigenvalue weighted by Gasteiger charge is -2.17. The Kier molecular flexibility index (Phi) is 5.39. The second-order valence-electron chi connectivity index (χ2n) is 6.57. The highest BCUT2D eigenvalue weighted by Crippen LogP contribution is 2.25. The maximum absolute atomic E-state index is 12.5. The summed E-state index contributed by atoms with van der Waals surface area (Å²) in [4.78, 5) is 17.0. The predicted octanol–water partition coefficient (Wildman–Crippen LogP) is 4.93. The molecule has 1 atom stereocenters. The van der Waals surface area contributed by atoms with E-state index in [1.54, 1.807) is 12.1 Å². The summed E-state index contributed by atoms with van der Waals surface area (Å²) >= 11 is 5.89. The number of nitrogens with zero attached hydrogens (tertiary/aromatic N) is 1. The number of aromatic nitrogens is 1. The molecule has 0 aliphatic heterocycles. The monoisotopic (exact) mass is 356 g/mol. The lowest BCUT2D eigenvalue weighted by Crippen LogP contribution is -2.31. The first-order valence-electron chi connectivity index (χ1n) is 8.40. The van der Waals surface area contributed by atoms with Crippen molar-refractivity contribution >= 4 is 28.6 Å². The quantitative estimate of drug-likeness (QED) is 0.681. The van der Waals surface area contributed by atoms with Crippen molar-refractivity contribution in [2.24, 2.45) is 5.92 Å². The van der Waals surface area contributed by atoms with Crippen LogP contribution in [0.25, 0.3) is 11.1 Å². The van der Waals surface area contributed by atoms with E-state index < -0.39 is 0 Å². The summed E-state index contributed by atoms with van der Waals surface area (Å²) < 4.78 is 5.85. The molecule has 25 heavy (non-hydrogen) atoms. The number of nitrogens with one attached hydrogen (secondary N) is 1. The zero-order valence-electron chi connectivity index (χ0n) is 14.3. The van der Waals surface area contributed by atoms with E-state index in [1.165, 1.54) is 0 Å². The first-order valence-corrected chi connectivity index (χ1v) is 8.78. The fourth-order valence-corrected chi connectivity index (χ4v) is 2.89. The largest absolute Gasteiger partial charge is 0.438 e. The highest BCUT2D eigenvalue weighted by Gasteiger charge is 2.21. The number of carbonyl (C=O) groups excluding carboxylic acids is 1. The van der Waals surface area contributed by atoms with Gasteiger partial charge < -0.3 is 9.73 Å². The van der Waals surface area contributed by atoms with Crippen LogP contribution in [0.3, 0.4) is 0 Å². The van der Waals surface area contributed by atoms with Crippen molar-refractivity contribution in [1.82, 2.24) is 10.3 Å². The van der Waals surface area contributed by atoms with Gasteiger partial charge in [-0.2, -0.15) is 0 Å². The highest BCUT2D eigenvalue weighted by molar-refractivity contribution is 6.30. The first kappa shape index (κ1) is 17.5. The van der Waals surface area contributed by atoms with E-state index >= 15 is 0 Å². The molecule has 0 radical (unpaired) electrons. The second kappa shape index (κ2) is 7.70. The minimum Gasteiger partial charge on any atom is -0.438 e. The number of benzene rings is 2. The van der Waals surface area contributed by atoms with Crippen LogP contribution in [0.1, 0.15) is 37.8 Å². The molecular weight excluding hydrogens is 336 g/mol. The molecule has 4 nitrogen and oxygen atoms in total. The van der Waals surface area contributed by atoms with E-state index in [9.17, 15) is 4.79 Å². The van der Waals surface area contributed by atoms with Crippen LogP contribution in [0.2, 0.25) is 5.02 Å². The second-order valence-corrected chi connectivity index (χ2v) is 7.01. The molecule has 0 fully saturated rings. The molecule has 1 N–H and O–H groups in total. The normalized spacial score (nSPS) is 12.5. The fourth-order valence-electron chi connectivity index (χ4n) is 2.76. The van der Waals surface area contributed by atoms with Crippen molar-refractivity contribution in [1.29, 1.82) is 0 Å². The number of fused-ring (bicyclic) bond motifs is 1. The molecule has 0 spiro atoms. The summed E-state index contributed by atoms with van der Waals surface area (Å²) in [5.74, 6) is 0.894. The van der Waals surface area contributed by atoms with Crippen LogP contribution < -0.4 is 5.32 Å². The van der Waals surface area contributed by atoms with Crippen molar-refractivity contribution in [3.63, 3.8) is 0 Å². The van der Waals surface area contributed by atoms with Crippen molar-refractivity contribution in [3.8, 4) is 0 Å². The van der Waals surface area contributed by atoms with Gasteiger partial charge in [0.15, 0.2) is 5.58 Å². The van der Waals surface area contributed by atoms with Crippen molar-refractivity contribution in [2.45, 2.75) is 32.7 Å². The molecule has 2 aromatic carbocycles. The molecule has 3 aromatic rings. The van der Waals surface area contributed by atoms with Crippen LogP contribution >= 0.6 is 11.6 Å². The van der Waals surface area contributed by atoms with E-state index in [0.29, 0.717) is 23.3 Å². The van der Waals surface area contributed by atoms with E-state index in [4.69, 9.17) is 16.0 Å². The van der Waals surface area contributed by atoms with Crippen molar-refractivity contribution in [3.05, 3.63) is 65.0 Å². The molecular formula is C20H21ClN2O2. The Balaban J connectivity index is 1.75. The lowest BCUT2D eigenvalue weighted by atomic mass is 10.0. The molecule has 0 saturated carbocycles. The number of para-hydroxylation sites is 2. The minimum absolute atomic E-state index is 0.0600. The third-order valence-corrected chi connectivity index (χ3v) is 4.18. The smallest absolute Gasteiger partial charge is 0.225 e. The lowest BCUT2D eigenvalue weighted by molar-refractivity contribution is -0.121. The molecule has 3 rings (SSSR count). The number of amides is 1. The maximum atomic E-state index is 12.5. The van der Waals surface area contributed by atoms with E-state index in [2.05, 4.69) is 24.1 Å². The van der Waals surface area contributed by atoms with Gasteiger partial charge in [-0.25, -0.2) is 4.98 Å². The molecule has 0 unspecified atom stereocenters.